The smallest absolute Gasteiger partial charge is 0.220 e. The molecule has 0 saturated heterocycles. The number of hydrogen-bond donors (Lipinski definition) is 3. The molecule has 2 unspecified atom stereocenters. The van der Waals surface area contributed by atoms with Gasteiger partial charge in [-0.15, -0.1) is 0 Å². The molecule has 0 heterocycles. The van der Waals surface area contributed by atoms with Crippen molar-refractivity contribution < 1.29 is 15.0 Å². The lowest BCUT2D eigenvalue weighted by Crippen LogP contribution is -2.45. The molecule has 0 aromatic carbocycles. The van der Waals surface area contributed by atoms with E-state index in [2.05, 4.69) is 19.2 Å². The monoisotopic (exact) mass is 764 g/mol. The maximum absolute atomic E-state index is 12.4. The number of hydrogen-bond acceptors (Lipinski definition) is 3. The van der Waals surface area contributed by atoms with Crippen molar-refractivity contribution in [3.8, 4) is 0 Å². The minimum Gasteiger partial charge on any atom is -0.394 e. The summed E-state index contributed by atoms with van der Waals surface area (Å²) in [6.45, 7) is 4.39. The zero-order valence-corrected chi connectivity index (χ0v) is 37.3. The summed E-state index contributed by atoms with van der Waals surface area (Å²) in [6, 6.07) is -0.530. The molecule has 0 aliphatic carbocycles. The van der Waals surface area contributed by atoms with Gasteiger partial charge in [0.05, 0.1) is 18.8 Å². The summed E-state index contributed by atoms with van der Waals surface area (Å²) in [4.78, 5) is 12.4. The van der Waals surface area contributed by atoms with E-state index in [1.807, 2.05) is 0 Å². The summed E-state index contributed by atoms with van der Waals surface area (Å²) in [5.41, 5.74) is 0. The molecule has 1 amide bonds. The third-order valence-electron chi connectivity index (χ3n) is 12.1. The van der Waals surface area contributed by atoms with E-state index >= 15 is 0 Å². The van der Waals surface area contributed by atoms with Crippen LogP contribution in [0, 0.1) is 0 Å². The molecule has 0 aliphatic heterocycles. The van der Waals surface area contributed by atoms with E-state index in [0.29, 0.717) is 12.8 Å². The second-order valence-electron chi connectivity index (χ2n) is 17.6. The van der Waals surface area contributed by atoms with Crippen LogP contribution in [0.5, 0.6) is 0 Å². The van der Waals surface area contributed by atoms with E-state index in [0.717, 1.165) is 25.7 Å². The second-order valence-corrected chi connectivity index (χ2v) is 17.6. The molecule has 324 valence electrons. The molecule has 0 spiro atoms. The Morgan fingerprint density at radius 2 is 0.593 bits per heavy atom. The first-order chi connectivity index (χ1) is 26.7. The normalized spacial score (nSPS) is 12.7. The van der Waals surface area contributed by atoms with Gasteiger partial charge >= 0.3 is 0 Å². The third kappa shape index (κ3) is 42.5. The van der Waals surface area contributed by atoms with Crippen LogP contribution in [0.1, 0.15) is 296 Å². The molecular formula is C50H101NO3. The first-order valence-corrected chi connectivity index (χ1v) is 25.2. The number of aliphatic hydroxyl groups is 2. The summed E-state index contributed by atoms with van der Waals surface area (Å²) < 4.78 is 0. The van der Waals surface area contributed by atoms with Gasteiger partial charge in [-0.25, -0.2) is 0 Å². The second kappa shape index (κ2) is 46.8. The zero-order valence-electron chi connectivity index (χ0n) is 37.3. The molecule has 0 radical (unpaired) electrons. The van der Waals surface area contributed by atoms with Crippen molar-refractivity contribution in [1.82, 2.24) is 5.32 Å². The average molecular weight is 764 g/mol. The van der Waals surface area contributed by atoms with E-state index in [1.165, 1.54) is 244 Å². The first kappa shape index (κ1) is 53.4. The highest BCUT2D eigenvalue weighted by Gasteiger charge is 2.20. The molecule has 0 saturated carbocycles. The van der Waals surface area contributed by atoms with Gasteiger partial charge in [0.25, 0.3) is 0 Å². The van der Waals surface area contributed by atoms with E-state index in [9.17, 15) is 15.0 Å². The molecule has 2 atom stereocenters. The number of carbonyl (C=O) groups is 1. The standard InChI is InChI=1S/C50H101NO3/c1-3-5-7-9-11-13-15-17-19-21-22-23-24-25-26-27-28-29-30-31-33-35-37-39-41-43-45-49(53)48(47-52)51-50(54)46-44-42-40-38-36-34-32-20-18-16-14-12-10-8-6-4-2/h48-49,52-53H,3-47H2,1-2H3,(H,51,54). The summed E-state index contributed by atoms with van der Waals surface area (Å²) in [7, 11) is 0. The van der Waals surface area contributed by atoms with Crippen molar-refractivity contribution in [2.24, 2.45) is 0 Å². The number of aliphatic hydroxyl groups excluding tert-OH is 2. The van der Waals surface area contributed by atoms with Crippen LogP contribution in [0.15, 0.2) is 0 Å². The summed E-state index contributed by atoms with van der Waals surface area (Å²) in [6.07, 6.45) is 57.8. The van der Waals surface area contributed by atoms with Crippen LogP contribution in [0.4, 0.5) is 0 Å². The van der Waals surface area contributed by atoms with Crippen molar-refractivity contribution in [2.45, 2.75) is 309 Å². The molecule has 3 N–H and O–H groups in total. The van der Waals surface area contributed by atoms with Gasteiger partial charge in [0.1, 0.15) is 0 Å². The van der Waals surface area contributed by atoms with Gasteiger partial charge in [0, 0.05) is 6.42 Å². The molecule has 0 fully saturated rings. The Kier molecular flexibility index (Phi) is 46.2. The van der Waals surface area contributed by atoms with E-state index in [4.69, 9.17) is 0 Å². The maximum atomic E-state index is 12.4. The quantitative estimate of drug-likeness (QED) is 0.0541. The van der Waals surface area contributed by atoms with Crippen LogP contribution >= 0.6 is 0 Å². The van der Waals surface area contributed by atoms with Crippen molar-refractivity contribution in [3.05, 3.63) is 0 Å². The molecule has 0 aromatic heterocycles. The van der Waals surface area contributed by atoms with E-state index in [-0.39, 0.29) is 12.5 Å². The van der Waals surface area contributed by atoms with Gasteiger partial charge in [0.15, 0.2) is 0 Å². The number of carbonyl (C=O) groups excluding carboxylic acids is 1. The van der Waals surface area contributed by atoms with Gasteiger partial charge in [-0.2, -0.15) is 0 Å². The molecule has 54 heavy (non-hydrogen) atoms. The van der Waals surface area contributed by atoms with Gasteiger partial charge in [0.2, 0.25) is 5.91 Å². The van der Waals surface area contributed by atoms with Crippen LogP contribution in [0.2, 0.25) is 0 Å². The minimum absolute atomic E-state index is 0.0245. The topological polar surface area (TPSA) is 69.6 Å². The Labute approximate surface area is 340 Å². The largest absolute Gasteiger partial charge is 0.394 e. The van der Waals surface area contributed by atoms with Gasteiger partial charge in [-0.05, 0) is 12.8 Å². The predicted molar refractivity (Wildman–Crippen MR) is 240 cm³/mol. The minimum atomic E-state index is -0.654. The van der Waals surface area contributed by atoms with Gasteiger partial charge in [-0.3, -0.25) is 4.79 Å². The van der Waals surface area contributed by atoms with Gasteiger partial charge in [-0.1, -0.05) is 277 Å². The lowest BCUT2D eigenvalue weighted by atomic mass is 10.0. The fourth-order valence-corrected chi connectivity index (χ4v) is 8.25. The lowest BCUT2D eigenvalue weighted by molar-refractivity contribution is -0.123. The average Bonchev–Trinajstić information content (AvgIpc) is 3.18. The highest BCUT2D eigenvalue weighted by Crippen LogP contribution is 2.18. The van der Waals surface area contributed by atoms with Crippen LogP contribution in [0.3, 0.4) is 0 Å². The predicted octanol–water partition coefficient (Wildman–Crippen LogP) is 16.0. The molecule has 0 aromatic rings. The molecular weight excluding hydrogens is 663 g/mol. The van der Waals surface area contributed by atoms with Crippen molar-refractivity contribution >= 4 is 5.91 Å². The summed E-state index contributed by atoms with van der Waals surface area (Å²) in [5.74, 6) is -0.0245. The van der Waals surface area contributed by atoms with Crippen molar-refractivity contribution in [3.63, 3.8) is 0 Å². The highest BCUT2D eigenvalue weighted by molar-refractivity contribution is 5.76. The number of nitrogens with one attached hydrogen (secondary N) is 1. The van der Waals surface area contributed by atoms with Crippen LogP contribution < -0.4 is 5.32 Å². The number of rotatable bonds is 47. The fourth-order valence-electron chi connectivity index (χ4n) is 8.25. The third-order valence-corrected chi connectivity index (χ3v) is 12.1. The maximum Gasteiger partial charge on any atom is 0.220 e. The summed E-state index contributed by atoms with van der Waals surface area (Å²) >= 11 is 0. The first-order valence-electron chi connectivity index (χ1n) is 25.2. The van der Waals surface area contributed by atoms with Crippen LogP contribution in [-0.2, 0) is 4.79 Å². The Morgan fingerprint density at radius 3 is 0.833 bits per heavy atom. The summed E-state index contributed by atoms with van der Waals surface area (Å²) in [5, 5.41) is 23.3. The Morgan fingerprint density at radius 1 is 0.370 bits per heavy atom. The molecule has 4 nitrogen and oxygen atoms in total. The number of unbranched alkanes of at least 4 members (excludes halogenated alkanes) is 40. The van der Waals surface area contributed by atoms with E-state index < -0.39 is 12.1 Å². The number of amides is 1. The SMILES string of the molecule is CCCCCCCCCCCCCCCCCCCCCCCCCCCCC(O)C(CO)NC(=O)CCCCCCCCCCCCCCCCCC. The Balaban J connectivity index is 3.41. The Hall–Kier alpha value is -0.610. The zero-order chi connectivity index (χ0) is 39.3. The molecule has 0 bridgehead atoms. The molecule has 0 aliphatic rings. The van der Waals surface area contributed by atoms with E-state index in [1.54, 1.807) is 0 Å². The molecule has 0 rings (SSSR count). The molecule has 4 heteroatoms. The van der Waals surface area contributed by atoms with Crippen LogP contribution in [0.25, 0.3) is 0 Å². The Bertz CT molecular complexity index is 699. The highest BCUT2D eigenvalue weighted by atomic mass is 16.3. The van der Waals surface area contributed by atoms with Crippen molar-refractivity contribution in [2.75, 3.05) is 6.61 Å². The fraction of sp³-hybridized carbons (Fsp3) is 0.980. The van der Waals surface area contributed by atoms with Crippen LogP contribution in [-0.4, -0.2) is 34.9 Å². The lowest BCUT2D eigenvalue weighted by Gasteiger charge is -2.22. The van der Waals surface area contributed by atoms with Crippen molar-refractivity contribution in [1.29, 1.82) is 0 Å². The van der Waals surface area contributed by atoms with Gasteiger partial charge < -0.3 is 15.5 Å².